The summed E-state index contributed by atoms with van der Waals surface area (Å²) in [5, 5.41) is 0. The zero-order valence-corrected chi connectivity index (χ0v) is 13.3. The van der Waals surface area contributed by atoms with E-state index in [-0.39, 0.29) is 5.97 Å². The van der Waals surface area contributed by atoms with Gasteiger partial charge in [-0.3, -0.25) is 4.79 Å². The first kappa shape index (κ1) is 15.5. The number of nitrogens with zero attached hydrogens (tertiary/aromatic N) is 1. The number of likely N-dealkylation sites (tertiary alicyclic amines) is 1. The lowest BCUT2D eigenvalue weighted by atomic mass is 9.75. The van der Waals surface area contributed by atoms with Crippen LogP contribution in [0.2, 0.25) is 0 Å². The fraction of sp³-hybridized carbons (Fsp3) is 0.611. The molecule has 120 valence electrons. The highest BCUT2D eigenvalue weighted by Gasteiger charge is 2.40. The number of hydrogen-bond acceptors (Lipinski definition) is 4. The van der Waals surface area contributed by atoms with Crippen LogP contribution in [0.15, 0.2) is 30.3 Å². The fourth-order valence-electron chi connectivity index (χ4n) is 3.83. The molecular formula is C18H26N2O2. The van der Waals surface area contributed by atoms with Crippen molar-refractivity contribution in [1.82, 2.24) is 4.90 Å². The summed E-state index contributed by atoms with van der Waals surface area (Å²) in [6, 6.07) is 11.4. The van der Waals surface area contributed by atoms with E-state index < -0.39 is 5.54 Å². The van der Waals surface area contributed by atoms with Crippen molar-refractivity contribution in [2.45, 2.75) is 49.6 Å². The second kappa shape index (κ2) is 6.39. The van der Waals surface area contributed by atoms with Gasteiger partial charge in [0.25, 0.3) is 0 Å². The van der Waals surface area contributed by atoms with Gasteiger partial charge in [-0.1, -0.05) is 30.3 Å². The van der Waals surface area contributed by atoms with Gasteiger partial charge >= 0.3 is 5.97 Å². The maximum atomic E-state index is 11.9. The summed E-state index contributed by atoms with van der Waals surface area (Å²) >= 11 is 0. The first-order valence-electron chi connectivity index (χ1n) is 8.29. The normalized spacial score (nSPS) is 32.8. The van der Waals surface area contributed by atoms with E-state index in [1.807, 2.05) is 0 Å². The Hall–Kier alpha value is -1.39. The lowest BCUT2D eigenvalue weighted by molar-refractivity contribution is -0.147. The van der Waals surface area contributed by atoms with Crippen molar-refractivity contribution in [3.8, 4) is 0 Å². The molecule has 1 atom stereocenters. The van der Waals surface area contributed by atoms with E-state index in [9.17, 15) is 4.79 Å². The molecule has 0 radical (unpaired) electrons. The number of nitrogens with two attached hydrogens (primary N) is 1. The lowest BCUT2D eigenvalue weighted by Gasteiger charge is -2.43. The fourth-order valence-corrected chi connectivity index (χ4v) is 3.83. The number of methoxy groups -OCH3 is 1. The summed E-state index contributed by atoms with van der Waals surface area (Å²) in [5.41, 5.74) is 6.92. The minimum absolute atomic E-state index is 0.259. The highest BCUT2D eigenvalue weighted by atomic mass is 16.5. The quantitative estimate of drug-likeness (QED) is 0.870. The van der Waals surface area contributed by atoms with Gasteiger partial charge in [-0.2, -0.15) is 0 Å². The molecule has 2 N–H and O–H groups in total. The van der Waals surface area contributed by atoms with Crippen molar-refractivity contribution < 1.29 is 9.53 Å². The number of benzene rings is 1. The summed E-state index contributed by atoms with van der Waals surface area (Å²) in [7, 11) is 1.43. The second-order valence-corrected chi connectivity index (χ2v) is 6.77. The molecule has 3 rings (SSSR count). The van der Waals surface area contributed by atoms with E-state index in [1.165, 1.54) is 25.5 Å². The Kier molecular flexibility index (Phi) is 4.50. The van der Waals surface area contributed by atoms with Crippen LogP contribution in [0.3, 0.4) is 0 Å². The largest absolute Gasteiger partial charge is 0.468 e. The van der Waals surface area contributed by atoms with Gasteiger partial charge in [0, 0.05) is 12.6 Å². The van der Waals surface area contributed by atoms with Gasteiger partial charge in [-0.25, -0.2) is 0 Å². The zero-order chi connectivity index (χ0) is 15.6. The van der Waals surface area contributed by atoms with Crippen LogP contribution in [-0.2, 0) is 9.53 Å². The highest BCUT2D eigenvalue weighted by molar-refractivity contribution is 5.80. The van der Waals surface area contributed by atoms with Gasteiger partial charge in [-0.15, -0.1) is 0 Å². The average molecular weight is 302 g/mol. The first-order chi connectivity index (χ1) is 10.6. The van der Waals surface area contributed by atoms with Crippen LogP contribution in [0.1, 0.15) is 43.6 Å². The molecule has 22 heavy (non-hydrogen) atoms. The van der Waals surface area contributed by atoms with E-state index in [4.69, 9.17) is 10.5 Å². The Labute approximate surface area is 132 Å². The summed E-state index contributed by atoms with van der Waals surface area (Å²) < 4.78 is 4.88. The topological polar surface area (TPSA) is 55.6 Å². The minimum atomic E-state index is -0.786. The Morgan fingerprint density at radius 1 is 1.23 bits per heavy atom. The van der Waals surface area contributed by atoms with Gasteiger partial charge in [0.2, 0.25) is 0 Å². The van der Waals surface area contributed by atoms with Crippen LogP contribution in [0.5, 0.6) is 0 Å². The Bertz CT molecular complexity index is 513. The predicted molar refractivity (Wildman–Crippen MR) is 86.6 cm³/mol. The molecule has 1 unspecified atom stereocenters. The van der Waals surface area contributed by atoms with Crippen LogP contribution in [0, 0.1) is 0 Å². The lowest BCUT2D eigenvalue weighted by Crippen LogP contribution is -2.50. The standard InChI is InChI=1S/C18H26N2O2/c1-22-17(21)18(19)8-5-10-20(11-9-18)16-12-15(13-16)14-6-3-2-4-7-14/h2-4,6-7,15-16H,5,8-13,19H2,1H3. The van der Waals surface area contributed by atoms with Gasteiger partial charge < -0.3 is 15.4 Å². The smallest absolute Gasteiger partial charge is 0.325 e. The number of carbonyl (C=O) groups is 1. The van der Waals surface area contributed by atoms with E-state index >= 15 is 0 Å². The van der Waals surface area contributed by atoms with Crippen molar-refractivity contribution in [1.29, 1.82) is 0 Å². The van der Waals surface area contributed by atoms with Gasteiger partial charge in [-0.05, 0) is 50.1 Å². The molecule has 4 nitrogen and oxygen atoms in total. The molecule has 1 aliphatic heterocycles. The monoisotopic (exact) mass is 302 g/mol. The molecule has 1 aliphatic carbocycles. The number of rotatable bonds is 3. The number of carbonyl (C=O) groups excluding carboxylic acids is 1. The first-order valence-corrected chi connectivity index (χ1v) is 8.29. The molecular weight excluding hydrogens is 276 g/mol. The molecule has 4 heteroatoms. The second-order valence-electron chi connectivity index (χ2n) is 6.77. The van der Waals surface area contributed by atoms with Crippen molar-refractivity contribution in [3.63, 3.8) is 0 Å². The predicted octanol–water partition coefficient (Wildman–Crippen LogP) is 2.29. The summed E-state index contributed by atoms with van der Waals surface area (Å²) in [6.07, 6.45) is 4.84. The number of esters is 1. The Balaban J connectivity index is 1.54. The third-order valence-electron chi connectivity index (χ3n) is 5.41. The summed E-state index contributed by atoms with van der Waals surface area (Å²) in [5.74, 6) is 0.433. The maximum absolute atomic E-state index is 11.9. The van der Waals surface area contributed by atoms with Crippen LogP contribution < -0.4 is 5.73 Å². The van der Waals surface area contributed by atoms with E-state index in [1.54, 1.807) is 0 Å². The van der Waals surface area contributed by atoms with Crippen molar-refractivity contribution in [2.24, 2.45) is 5.73 Å². The van der Waals surface area contributed by atoms with Crippen molar-refractivity contribution in [3.05, 3.63) is 35.9 Å². The van der Waals surface area contributed by atoms with Crippen LogP contribution in [-0.4, -0.2) is 42.6 Å². The zero-order valence-electron chi connectivity index (χ0n) is 13.3. The van der Waals surface area contributed by atoms with Crippen LogP contribution >= 0.6 is 0 Å². The van der Waals surface area contributed by atoms with E-state index in [0.29, 0.717) is 18.4 Å². The van der Waals surface area contributed by atoms with Crippen molar-refractivity contribution in [2.75, 3.05) is 20.2 Å². The van der Waals surface area contributed by atoms with Gasteiger partial charge in [0.05, 0.1) is 7.11 Å². The third kappa shape index (κ3) is 3.03. The minimum Gasteiger partial charge on any atom is -0.468 e. The van der Waals surface area contributed by atoms with Gasteiger partial charge in [0.15, 0.2) is 0 Å². The molecule has 0 bridgehead atoms. The molecule has 1 saturated heterocycles. The SMILES string of the molecule is COC(=O)C1(N)CCCN(C2CC(c3ccccc3)C2)CC1. The molecule has 0 aromatic heterocycles. The maximum Gasteiger partial charge on any atom is 0.325 e. The molecule has 2 fully saturated rings. The molecule has 1 heterocycles. The highest BCUT2D eigenvalue weighted by Crippen LogP contribution is 2.40. The van der Waals surface area contributed by atoms with Crippen LogP contribution in [0.25, 0.3) is 0 Å². The molecule has 0 spiro atoms. The average Bonchev–Trinajstić information content (AvgIpc) is 2.69. The van der Waals surface area contributed by atoms with E-state index in [2.05, 4.69) is 35.2 Å². The molecule has 1 aromatic carbocycles. The Morgan fingerprint density at radius 2 is 1.95 bits per heavy atom. The molecule has 1 aromatic rings. The third-order valence-corrected chi connectivity index (χ3v) is 5.41. The summed E-state index contributed by atoms with van der Waals surface area (Å²) in [4.78, 5) is 14.4. The van der Waals surface area contributed by atoms with Gasteiger partial charge in [0.1, 0.15) is 5.54 Å². The molecule has 2 aliphatic rings. The number of ether oxygens (including phenoxy) is 1. The summed E-state index contributed by atoms with van der Waals surface area (Å²) in [6.45, 7) is 1.94. The molecule has 1 saturated carbocycles. The number of hydrogen-bond donors (Lipinski definition) is 1. The van der Waals surface area contributed by atoms with E-state index in [0.717, 1.165) is 25.9 Å². The van der Waals surface area contributed by atoms with Crippen molar-refractivity contribution >= 4 is 5.97 Å². The Morgan fingerprint density at radius 3 is 2.64 bits per heavy atom. The van der Waals surface area contributed by atoms with Crippen LogP contribution in [0.4, 0.5) is 0 Å². The molecule has 0 amide bonds.